The first-order chi connectivity index (χ1) is 5.67. The van der Waals surface area contributed by atoms with Crippen molar-refractivity contribution in [2.75, 3.05) is 13.6 Å². The highest BCUT2D eigenvalue weighted by atomic mass is 19.1. The van der Waals surface area contributed by atoms with Gasteiger partial charge in [-0.2, -0.15) is 0 Å². The third-order valence-corrected chi connectivity index (χ3v) is 2.98. The maximum Gasteiger partial charge on any atom is 0.123 e. The number of hydrogen-bond donors (Lipinski definition) is 1. The van der Waals surface area contributed by atoms with Gasteiger partial charge in [-0.1, -0.05) is 19.3 Å². The van der Waals surface area contributed by atoms with Crippen molar-refractivity contribution < 1.29 is 4.39 Å². The summed E-state index contributed by atoms with van der Waals surface area (Å²) in [5.41, 5.74) is -0.991. The van der Waals surface area contributed by atoms with Crippen LogP contribution in [0.5, 0.6) is 0 Å². The van der Waals surface area contributed by atoms with Crippen LogP contribution in [0.15, 0.2) is 0 Å². The van der Waals surface area contributed by atoms with Crippen molar-refractivity contribution in [2.45, 2.75) is 44.7 Å². The number of rotatable bonds is 3. The number of hydrogen-bond acceptors (Lipinski definition) is 1. The van der Waals surface area contributed by atoms with Gasteiger partial charge in [-0.15, -0.1) is 0 Å². The molecule has 1 nitrogen and oxygen atoms in total. The van der Waals surface area contributed by atoms with E-state index < -0.39 is 5.67 Å². The molecule has 0 aromatic carbocycles. The summed E-state index contributed by atoms with van der Waals surface area (Å²) < 4.78 is 13.9. The van der Waals surface area contributed by atoms with Crippen LogP contribution in [0.4, 0.5) is 4.39 Å². The van der Waals surface area contributed by atoms with Crippen LogP contribution >= 0.6 is 0 Å². The first-order valence-electron chi connectivity index (χ1n) is 5.00. The predicted molar refractivity (Wildman–Crippen MR) is 50.0 cm³/mol. The molecule has 1 aliphatic carbocycles. The maximum atomic E-state index is 13.9. The minimum absolute atomic E-state index is 0.290. The van der Waals surface area contributed by atoms with E-state index in [4.69, 9.17) is 0 Å². The van der Waals surface area contributed by atoms with Crippen molar-refractivity contribution in [1.82, 2.24) is 5.32 Å². The van der Waals surface area contributed by atoms with Crippen LogP contribution in [0.1, 0.15) is 39.0 Å². The second kappa shape index (κ2) is 4.22. The zero-order chi connectivity index (χ0) is 9.03. The van der Waals surface area contributed by atoms with Gasteiger partial charge < -0.3 is 5.32 Å². The summed E-state index contributed by atoms with van der Waals surface area (Å²) in [6.45, 7) is 2.23. The van der Waals surface area contributed by atoms with Crippen LogP contribution in [0.2, 0.25) is 0 Å². The van der Waals surface area contributed by atoms with Gasteiger partial charge in [0.2, 0.25) is 0 Å². The molecule has 0 aromatic rings. The topological polar surface area (TPSA) is 12.0 Å². The highest BCUT2D eigenvalue weighted by Gasteiger charge is 2.33. The molecular formula is C10H20FN. The fourth-order valence-corrected chi connectivity index (χ4v) is 2.19. The van der Waals surface area contributed by atoms with E-state index in [-0.39, 0.29) is 0 Å². The number of nitrogens with one attached hydrogen (secondary N) is 1. The Kier molecular flexibility index (Phi) is 3.51. The molecule has 0 amide bonds. The minimum atomic E-state index is -0.991. The molecule has 1 rings (SSSR count). The summed E-state index contributed by atoms with van der Waals surface area (Å²) in [6, 6.07) is 0. The fraction of sp³-hybridized carbons (Fsp3) is 1.00. The molecule has 0 heterocycles. The Labute approximate surface area is 74.7 Å². The van der Waals surface area contributed by atoms with Crippen LogP contribution < -0.4 is 5.32 Å². The van der Waals surface area contributed by atoms with Gasteiger partial charge in [0.05, 0.1) is 0 Å². The fourth-order valence-electron chi connectivity index (χ4n) is 2.19. The van der Waals surface area contributed by atoms with Crippen molar-refractivity contribution in [3.8, 4) is 0 Å². The lowest BCUT2D eigenvalue weighted by atomic mass is 9.79. The largest absolute Gasteiger partial charge is 0.317 e. The second-order valence-electron chi connectivity index (χ2n) is 4.14. The lowest BCUT2D eigenvalue weighted by Gasteiger charge is -2.33. The van der Waals surface area contributed by atoms with Crippen molar-refractivity contribution in [3.63, 3.8) is 0 Å². The van der Waals surface area contributed by atoms with Crippen molar-refractivity contribution in [2.24, 2.45) is 5.92 Å². The van der Waals surface area contributed by atoms with Gasteiger partial charge in [0.1, 0.15) is 5.67 Å². The Morgan fingerprint density at radius 3 is 2.42 bits per heavy atom. The van der Waals surface area contributed by atoms with E-state index in [0.717, 1.165) is 12.8 Å². The third kappa shape index (κ3) is 2.44. The van der Waals surface area contributed by atoms with Gasteiger partial charge in [0.25, 0.3) is 0 Å². The van der Waals surface area contributed by atoms with Crippen LogP contribution in [0.3, 0.4) is 0 Å². The summed E-state index contributed by atoms with van der Waals surface area (Å²) in [7, 11) is 1.82. The summed E-state index contributed by atoms with van der Waals surface area (Å²) in [4.78, 5) is 0. The second-order valence-corrected chi connectivity index (χ2v) is 4.14. The molecule has 1 unspecified atom stereocenters. The van der Waals surface area contributed by atoms with Gasteiger partial charge in [0.15, 0.2) is 0 Å². The van der Waals surface area contributed by atoms with Gasteiger partial charge in [-0.05, 0) is 32.7 Å². The van der Waals surface area contributed by atoms with E-state index in [1.807, 2.05) is 7.05 Å². The zero-order valence-corrected chi connectivity index (χ0v) is 8.20. The molecule has 1 aliphatic rings. The highest BCUT2D eigenvalue weighted by molar-refractivity contribution is 4.86. The molecule has 1 atom stereocenters. The van der Waals surface area contributed by atoms with Gasteiger partial charge in [0, 0.05) is 6.54 Å². The normalized spacial score (nSPS) is 25.2. The molecule has 1 N–H and O–H groups in total. The smallest absolute Gasteiger partial charge is 0.123 e. The van der Waals surface area contributed by atoms with E-state index in [2.05, 4.69) is 5.32 Å². The quantitative estimate of drug-likeness (QED) is 0.691. The molecule has 1 saturated carbocycles. The summed E-state index contributed by atoms with van der Waals surface area (Å²) >= 11 is 0. The monoisotopic (exact) mass is 173 g/mol. The van der Waals surface area contributed by atoms with Crippen LogP contribution in [0.25, 0.3) is 0 Å². The van der Waals surface area contributed by atoms with Crippen molar-refractivity contribution in [1.29, 1.82) is 0 Å². The predicted octanol–water partition coefficient (Wildman–Crippen LogP) is 2.51. The maximum absolute atomic E-state index is 13.9. The molecule has 0 bridgehead atoms. The Balaban J connectivity index is 2.41. The molecule has 72 valence electrons. The van der Waals surface area contributed by atoms with Gasteiger partial charge >= 0.3 is 0 Å². The molecular weight excluding hydrogens is 153 g/mol. The zero-order valence-electron chi connectivity index (χ0n) is 8.20. The molecule has 0 saturated heterocycles. The van der Waals surface area contributed by atoms with Gasteiger partial charge in [-0.25, -0.2) is 4.39 Å². The molecule has 0 radical (unpaired) electrons. The average Bonchev–Trinajstić information content (AvgIpc) is 2.06. The van der Waals surface area contributed by atoms with E-state index in [9.17, 15) is 4.39 Å². The number of alkyl halides is 1. The first-order valence-corrected chi connectivity index (χ1v) is 5.00. The standard InChI is InChI=1S/C10H20FN/c1-10(11,8-12-2)9-6-4-3-5-7-9/h9,12H,3-8H2,1-2H3. The molecule has 2 heteroatoms. The minimum Gasteiger partial charge on any atom is -0.317 e. The van der Waals surface area contributed by atoms with E-state index in [0.29, 0.717) is 12.5 Å². The lowest BCUT2D eigenvalue weighted by molar-refractivity contribution is 0.0762. The molecule has 0 spiro atoms. The van der Waals surface area contributed by atoms with E-state index in [1.165, 1.54) is 19.3 Å². The molecule has 1 fully saturated rings. The Morgan fingerprint density at radius 1 is 1.33 bits per heavy atom. The molecule has 12 heavy (non-hydrogen) atoms. The summed E-state index contributed by atoms with van der Waals surface area (Å²) in [6.07, 6.45) is 5.89. The Hall–Kier alpha value is -0.110. The SMILES string of the molecule is CNCC(C)(F)C1CCCCC1. The van der Waals surface area contributed by atoms with Gasteiger partial charge in [-0.3, -0.25) is 0 Å². The van der Waals surface area contributed by atoms with Crippen molar-refractivity contribution >= 4 is 0 Å². The van der Waals surface area contributed by atoms with Crippen LogP contribution in [0, 0.1) is 5.92 Å². The Morgan fingerprint density at radius 2 is 1.92 bits per heavy atom. The lowest BCUT2D eigenvalue weighted by Crippen LogP contribution is -2.40. The van der Waals surface area contributed by atoms with Crippen LogP contribution in [-0.2, 0) is 0 Å². The summed E-state index contributed by atoms with van der Waals surface area (Å²) in [5, 5.41) is 2.93. The van der Waals surface area contributed by atoms with E-state index in [1.54, 1.807) is 6.92 Å². The Bertz CT molecular complexity index is 128. The summed E-state index contributed by atoms with van der Waals surface area (Å²) in [5.74, 6) is 0.290. The molecule has 0 aromatic heterocycles. The highest BCUT2D eigenvalue weighted by Crippen LogP contribution is 2.34. The number of halogens is 1. The molecule has 0 aliphatic heterocycles. The van der Waals surface area contributed by atoms with Crippen LogP contribution in [-0.4, -0.2) is 19.3 Å². The average molecular weight is 173 g/mol. The van der Waals surface area contributed by atoms with E-state index >= 15 is 0 Å². The third-order valence-electron chi connectivity index (χ3n) is 2.98. The first kappa shape index (κ1) is 9.97. The van der Waals surface area contributed by atoms with Crippen molar-refractivity contribution in [3.05, 3.63) is 0 Å².